The predicted molar refractivity (Wildman–Crippen MR) is 82.3 cm³/mol. The van der Waals surface area contributed by atoms with Crippen molar-refractivity contribution < 1.29 is 13.2 Å². The van der Waals surface area contributed by atoms with Gasteiger partial charge in [0.2, 0.25) is 0 Å². The Morgan fingerprint density at radius 1 is 1.33 bits per heavy atom. The lowest BCUT2D eigenvalue weighted by molar-refractivity contribution is 0.0934. The Morgan fingerprint density at radius 3 is 2.57 bits per heavy atom. The third-order valence-electron chi connectivity index (χ3n) is 3.65. The van der Waals surface area contributed by atoms with E-state index in [0.717, 1.165) is 12.1 Å². The average molecular weight is 311 g/mol. The summed E-state index contributed by atoms with van der Waals surface area (Å²) in [5, 5.41) is 5.86. The van der Waals surface area contributed by atoms with Crippen molar-refractivity contribution in [2.24, 2.45) is 0 Å². The van der Waals surface area contributed by atoms with Crippen LogP contribution in [0.3, 0.4) is 0 Å². The number of pyridine rings is 1. The molecule has 2 heterocycles. The average Bonchev–Trinajstić information content (AvgIpc) is 2.48. The molecule has 1 aromatic heterocycles. The van der Waals surface area contributed by atoms with E-state index in [4.69, 9.17) is 0 Å². The summed E-state index contributed by atoms with van der Waals surface area (Å²) in [7, 11) is -1.15. The number of sulfone groups is 1. The highest BCUT2D eigenvalue weighted by Gasteiger charge is 2.25. The molecule has 0 saturated carbocycles. The lowest BCUT2D eigenvalue weighted by atomic mass is 10.1. The summed E-state index contributed by atoms with van der Waals surface area (Å²) in [5.74, 6) is 0.783. The van der Waals surface area contributed by atoms with Gasteiger partial charge in [0, 0.05) is 24.3 Å². The van der Waals surface area contributed by atoms with Crippen molar-refractivity contribution in [2.45, 2.75) is 32.2 Å². The van der Waals surface area contributed by atoms with E-state index >= 15 is 0 Å². The van der Waals surface area contributed by atoms with Crippen LogP contribution in [0.1, 0.15) is 35.8 Å². The topological polar surface area (TPSA) is 88.2 Å². The maximum Gasteiger partial charge on any atom is 0.251 e. The number of rotatable bonds is 4. The zero-order chi connectivity index (χ0) is 15.5. The van der Waals surface area contributed by atoms with Crippen LogP contribution in [0.5, 0.6) is 0 Å². The number of hydrogen-bond donors (Lipinski definition) is 2. The number of nitrogens with zero attached hydrogens (tertiary/aromatic N) is 1. The maximum atomic E-state index is 12.3. The highest BCUT2D eigenvalue weighted by atomic mass is 32.2. The normalized spacial score (nSPS) is 18.2. The van der Waals surface area contributed by atoms with Crippen LogP contribution in [0.25, 0.3) is 0 Å². The van der Waals surface area contributed by atoms with Gasteiger partial charge in [-0.05, 0) is 31.4 Å². The number of aryl methyl sites for hydroxylation is 1. The minimum absolute atomic E-state index is 0.0719. The lowest BCUT2D eigenvalue weighted by Crippen LogP contribution is -2.40. The Balaban J connectivity index is 2.07. The third-order valence-corrected chi connectivity index (χ3v) is 5.36. The number of aromatic nitrogens is 1. The first-order valence-corrected chi connectivity index (χ1v) is 8.95. The molecule has 1 fully saturated rings. The van der Waals surface area contributed by atoms with Crippen LogP contribution in [0, 0.1) is 0 Å². The summed E-state index contributed by atoms with van der Waals surface area (Å²) in [6, 6.07) is 3.40. The van der Waals surface area contributed by atoms with Crippen molar-refractivity contribution in [3.63, 3.8) is 0 Å². The molecule has 1 aromatic rings. The maximum absolute atomic E-state index is 12.3. The molecule has 0 bridgehead atoms. The molecule has 1 saturated heterocycles. The second-order valence-electron chi connectivity index (χ2n) is 5.24. The molecule has 0 atom stereocenters. The van der Waals surface area contributed by atoms with Gasteiger partial charge < -0.3 is 10.6 Å². The van der Waals surface area contributed by atoms with Gasteiger partial charge >= 0.3 is 0 Å². The number of amides is 1. The fourth-order valence-corrected chi connectivity index (χ4v) is 3.82. The van der Waals surface area contributed by atoms with Crippen LogP contribution in [0.2, 0.25) is 0 Å². The Labute approximate surface area is 125 Å². The Bertz CT molecular complexity index is 592. The van der Waals surface area contributed by atoms with Gasteiger partial charge in [-0.15, -0.1) is 0 Å². The number of nitrogens with one attached hydrogen (secondary N) is 2. The highest BCUT2D eigenvalue weighted by molar-refractivity contribution is 7.91. The molecule has 21 heavy (non-hydrogen) atoms. The smallest absolute Gasteiger partial charge is 0.251 e. The van der Waals surface area contributed by atoms with Gasteiger partial charge in [-0.2, -0.15) is 0 Å². The number of carbonyl (C=O) groups excluding carboxylic acids is 1. The molecular formula is C14H21N3O3S. The van der Waals surface area contributed by atoms with Crippen LogP contribution in [-0.2, 0) is 16.3 Å². The van der Waals surface area contributed by atoms with E-state index in [1.54, 1.807) is 19.2 Å². The van der Waals surface area contributed by atoms with Gasteiger partial charge in [-0.25, -0.2) is 13.4 Å². The molecule has 0 spiro atoms. The summed E-state index contributed by atoms with van der Waals surface area (Å²) < 4.78 is 22.8. The molecular weight excluding hydrogens is 290 g/mol. The fourth-order valence-electron chi connectivity index (χ4n) is 2.33. The largest absolute Gasteiger partial charge is 0.373 e. The molecule has 2 rings (SSSR count). The Kier molecular flexibility index (Phi) is 4.82. The van der Waals surface area contributed by atoms with Crippen LogP contribution < -0.4 is 10.6 Å². The van der Waals surface area contributed by atoms with E-state index in [9.17, 15) is 13.2 Å². The Hall–Kier alpha value is -1.63. The zero-order valence-electron chi connectivity index (χ0n) is 12.3. The molecule has 0 aliphatic carbocycles. The molecule has 7 heteroatoms. The second kappa shape index (κ2) is 6.43. The summed E-state index contributed by atoms with van der Waals surface area (Å²) >= 11 is 0. The van der Waals surface area contributed by atoms with Crippen LogP contribution in [0.4, 0.5) is 5.82 Å². The van der Waals surface area contributed by atoms with Gasteiger partial charge in [0.1, 0.15) is 15.7 Å². The summed E-state index contributed by atoms with van der Waals surface area (Å²) in [5.41, 5.74) is 1.40. The molecule has 1 amide bonds. The van der Waals surface area contributed by atoms with Crippen LogP contribution in [-0.4, -0.2) is 43.9 Å². The zero-order valence-corrected chi connectivity index (χ0v) is 13.2. The van der Waals surface area contributed by atoms with Gasteiger partial charge in [-0.3, -0.25) is 4.79 Å². The van der Waals surface area contributed by atoms with E-state index in [0.29, 0.717) is 24.2 Å². The quantitative estimate of drug-likeness (QED) is 0.866. The first kappa shape index (κ1) is 15.8. The standard InChI is InChI=1S/C14H21N3O3S/c1-3-11-8-10(9-13(15-2)16-11)14(18)17-12-4-6-21(19,20)7-5-12/h8-9,12H,3-7H2,1-2H3,(H,15,16)(H,17,18). The minimum atomic E-state index is -2.91. The summed E-state index contributed by atoms with van der Waals surface area (Å²) in [6.45, 7) is 1.98. The highest BCUT2D eigenvalue weighted by Crippen LogP contribution is 2.15. The monoisotopic (exact) mass is 311 g/mol. The second-order valence-corrected chi connectivity index (χ2v) is 7.54. The first-order chi connectivity index (χ1) is 9.93. The Morgan fingerprint density at radius 2 is 2.00 bits per heavy atom. The minimum Gasteiger partial charge on any atom is -0.373 e. The molecule has 0 aromatic carbocycles. The van der Waals surface area contributed by atoms with Crippen molar-refractivity contribution in [1.29, 1.82) is 0 Å². The molecule has 1 aliphatic heterocycles. The molecule has 0 radical (unpaired) electrons. The summed E-state index contributed by atoms with van der Waals surface area (Å²) in [6.07, 6.45) is 1.72. The predicted octanol–water partition coefficient (Wildman–Crippen LogP) is 0.993. The summed E-state index contributed by atoms with van der Waals surface area (Å²) in [4.78, 5) is 16.6. The van der Waals surface area contributed by atoms with Crippen molar-refractivity contribution >= 4 is 21.6 Å². The van der Waals surface area contributed by atoms with Crippen molar-refractivity contribution in [1.82, 2.24) is 10.3 Å². The van der Waals surface area contributed by atoms with Crippen LogP contribution >= 0.6 is 0 Å². The van der Waals surface area contributed by atoms with E-state index in [1.807, 2.05) is 6.92 Å². The van der Waals surface area contributed by atoms with E-state index in [1.165, 1.54) is 0 Å². The van der Waals surface area contributed by atoms with Gasteiger partial charge in [0.05, 0.1) is 11.5 Å². The number of carbonyl (C=O) groups is 1. The first-order valence-electron chi connectivity index (χ1n) is 7.13. The van der Waals surface area contributed by atoms with Crippen molar-refractivity contribution in [3.8, 4) is 0 Å². The van der Waals surface area contributed by atoms with E-state index in [2.05, 4.69) is 15.6 Å². The molecule has 6 nitrogen and oxygen atoms in total. The van der Waals surface area contributed by atoms with Crippen molar-refractivity contribution in [2.75, 3.05) is 23.9 Å². The van der Waals surface area contributed by atoms with Crippen LogP contribution in [0.15, 0.2) is 12.1 Å². The number of anilines is 1. The van der Waals surface area contributed by atoms with E-state index in [-0.39, 0.29) is 23.5 Å². The van der Waals surface area contributed by atoms with Crippen molar-refractivity contribution in [3.05, 3.63) is 23.4 Å². The molecule has 1 aliphatic rings. The lowest BCUT2D eigenvalue weighted by Gasteiger charge is -2.23. The van der Waals surface area contributed by atoms with Gasteiger partial charge in [-0.1, -0.05) is 6.92 Å². The molecule has 0 unspecified atom stereocenters. The molecule has 116 valence electrons. The van der Waals surface area contributed by atoms with E-state index < -0.39 is 9.84 Å². The van der Waals surface area contributed by atoms with Gasteiger partial charge in [0.25, 0.3) is 5.91 Å². The fraction of sp³-hybridized carbons (Fsp3) is 0.571. The SMILES string of the molecule is CCc1cc(C(=O)NC2CCS(=O)(=O)CC2)cc(NC)n1. The van der Waals surface area contributed by atoms with Gasteiger partial charge in [0.15, 0.2) is 0 Å². The number of hydrogen-bond acceptors (Lipinski definition) is 5. The molecule has 2 N–H and O–H groups in total. The third kappa shape index (κ3) is 4.17.